The second-order valence-electron chi connectivity index (χ2n) is 12.1. The Balaban J connectivity index is 1.33. The molecule has 2 aromatic heterocycles. The van der Waals surface area contributed by atoms with E-state index in [0.29, 0.717) is 0 Å². The molecule has 10 aromatic rings. The summed E-state index contributed by atoms with van der Waals surface area (Å²) < 4.78 is 4.93. The first-order chi connectivity index (χ1) is 22.8. The fourth-order valence-electron chi connectivity index (χ4n) is 7.71. The minimum Gasteiger partial charge on any atom is -0.309 e. The predicted molar refractivity (Wildman–Crippen MR) is 196 cm³/mol. The molecule has 10 rings (SSSR count). The van der Waals surface area contributed by atoms with Gasteiger partial charge in [0, 0.05) is 32.5 Å². The maximum atomic E-state index is 2.47. The molecule has 2 nitrogen and oxygen atoms in total. The number of hydrogen-bond donors (Lipinski definition) is 0. The van der Waals surface area contributed by atoms with Crippen LogP contribution < -0.4 is 0 Å². The van der Waals surface area contributed by atoms with Gasteiger partial charge in [-0.15, -0.1) is 0 Å². The molecule has 0 saturated heterocycles. The van der Waals surface area contributed by atoms with Crippen molar-refractivity contribution in [3.63, 3.8) is 0 Å². The van der Waals surface area contributed by atoms with E-state index in [2.05, 4.69) is 179 Å². The number of hydrogen-bond acceptors (Lipinski definition) is 0. The Morgan fingerprint density at radius 3 is 1.57 bits per heavy atom. The van der Waals surface area contributed by atoms with Gasteiger partial charge in [0.25, 0.3) is 0 Å². The normalized spacial score (nSPS) is 11.9. The molecule has 0 atom stereocenters. The predicted octanol–water partition coefficient (Wildman–Crippen LogP) is 11.9. The molecule has 0 bridgehead atoms. The SMILES string of the molecule is c1ccc(-n2c3ccccc3c3c4c5ccccc5n(-c5cccc6ccccc56)c4ccc32)c(-c2ccc3ccccc3c2)c1. The van der Waals surface area contributed by atoms with E-state index in [1.807, 2.05) is 0 Å². The maximum Gasteiger partial charge on any atom is 0.0549 e. The van der Waals surface area contributed by atoms with Crippen LogP contribution in [-0.2, 0) is 0 Å². The van der Waals surface area contributed by atoms with E-state index in [0.717, 1.165) is 0 Å². The van der Waals surface area contributed by atoms with Crippen molar-refractivity contribution in [3.8, 4) is 22.5 Å². The number of rotatable bonds is 3. The van der Waals surface area contributed by atoms with E-state index in [4.69, 9.17) is 0 Å². The van der Waals surface area contributed by atoms with Gasteiger partial charge in [0.05, 0.1) is 33.4 Å². The molecule has 2 heteroatoms. The molecule has 46 heavy (non-hydrogen) atoms. The van der Waals surface area contributed by atoms with Crippen molar-refractivity contribution in [2.75, 3.05) is 0 Å². The van der Waals surface area contributed by atoms with Gasteiger partial charge in [-0.25, -0.2) is 0 Å². The zero-order valence-corrected chi connectivity index (χ0v) is 25.1. The highest BCUT2D eigenvalue weighted by Gasteiger charge is 2.22. The number of fused-ring (bicyclic) bond motifs is 9. The molecule has 0 spiro atoms. The fourth-order valence-corrected chi connectivity index (χ4v) is 7.71. The lowest BCUT2D eigenvalue weighted by Crippen LogP contribution is -1.97. The molecular weight excluding hydrogens is 556 g/mol. The number of nitrogens with zero attached hydrogens (tertiary/aromatic N) is 2. The summed E-state index contributed by atoms with van der Waals surface area (Å²) in [5.74, 6) is 0. The smallest absolute Gasteiger partial charge is 0.0549 e. The second kappa shape index (κ2) is 9.69. The highest BCUT2D eigenvalue weighted by molar-refractivity contribution is 6.29. The number of benzene rings is 8. The molecule has 0 aliphatic rings. The highest BCUT2D eigenvalue weighted by Crippen LogP contribution is 2.44. The topological polar surface area (TPSA) is 9.86 Å². The van der Waals surface area contributed by atoms with Crippen LogP contribution in [0.1, 0.15) is 0 Å². The molecule has 0 radical (unpaired) electrons. The van der Waals surface area contributed by atoms with Crippen molar-refractivity contribution in [2.24, 2.45) is 0 Å². The van der Waals surface area contributed by atoms with Gasteiger partial charge in [-0.3, -0.25) is 0 Å². The minimum absolute atomic E-state index is 1.18. The lowest BCUT2D eigenvalue weighted by atomic mass is 9.99. The van der Waals surface area contributed by atoms with Gasteiger partial charge < -0.3 is 9.13 Å². The standard InChI is InChI=1S/C44H28N2/c1-2-14-31-28-32(25-24-29(31)12-1)34-17-5-8-20-37(34)45-39-21-9-6-18-35(39)43-41(45)26-27-42-44(43)36-19-7-10-22-40(36)46(42)38-23-11-15-30-13-3-4-16-33(30)38/h1-28H. The average Bonchev–Trinajstić information content (AvgIpc) is 3.64. The van der Waals surface area contributed by atoms with Crippen LogP contribution in [0, 0.1) is 0 Å². The summed E-state index contributed by atoms with van der Waals surface area (Å²) in [6.07, 6.45) is 0. The summed E-state index contributed by atoms with van der Waals surface area (Å²) >= 11 is 0. The second-order valence-corrected chi connectivity index (χ2v) is 12.1. The zero-order chi connectivity index (χ0) is 30.2. The minimum atomic E-state index is 1.18. The molecule has 0 amide bonds. The highest BCUT2D eigenvalue weighted by atomic mass is 15.0. The van der Waals surface area contributed by atoms with Crippen LogP contribution in [0.25, 0.3) is 87.7 Å². The van der Waals surface area contributed by atoms with Crippen LogP contribution in [0.4, 0.5) is 0 Å². The van der Waals surface area contributed by atoms with Gasteiger partial charge in [0.2, 0.25) is 0 Å². The molecule has 8 aromatic carbocycles. The van der Waals surface area contributed by atoms with Crippen LogP contribution in [0.15, 0.2) is 170 Å². The van der Waals surface area contributed by atoms with Crippen molar-refractivity contribution < 1.29 is 0 Å². The van der Waals surface area contributed by atoms with E-state index in [1.54, 1.807) is 0 Å². The van der Waals surface area contributed by atoms with Crippen molar-refractivity contribution >= 4 is 65.2 Å². The Morgan fingerprint density at radius 1 is 0.304 bits per heavy atom. The zero-order valence-electron chi connectivity index (χ0n) is 25.1. The van der Waals surface area contributed by atoms with Crippen LogP contribution in [0.3, 0.4) is 0 Å². The Hall–Kier alpha value is -6.12. The quantitative estimate of drug-likeness (QED) is 0.195. The number of para-hydroxylation sites is 3. The van der Waals surface area contributed by atoms with Gasteiger partial charge in [0.1, 0.15) is 0 Å². The Bertz CT molecular complexity index is 2810. The molecule has 214 valence electrons. The van der Waals surface area contributed by atoms with E-state index in [-0.39, 0.29) is 0 Å². The van der Waals surface area contributed by atoms with Crippen molar-refractivity contribution in [3.05, 3.63) is 170 Å². The average molecular weight is 585 g/mol. The van der Waals surface area contributed by atoms with Crippen LogP contribution in [-0.4, -0.2) is 9.13 Å². The summed E-state index contributed by atoms with van der Waals surface area (Å²) in [6.45, 7) is 0. The third-order valence-corrected chi connectivity index (χ3v) is 9.68. The molecule has 0 aliphatic carbocycles. The maximum absolute atomic E-state index is 2.47. The van der Waals surface area contributed by atoms with Gasteiger partial charge >= 0.3 is 0 Å². The van der Waals surface area contributed by atoms with Crippen LogP contribution in [0.5, 0.6) is 0 Å². The molecule has 0 aliphatic heterocycles. The lowest BCUT2D eigenvalue weighted by molar-refractivity contribution is 1.18. The Labute approximate surface area is 266 Å². The lowest BCUT2D eigenvalue weighted by Gasteiger charge is -2.15. The monoisotopic (exact) mass is 584 g/mol. The fraction of sp³-hybridized carbons (Fsp3) is 0. The molecule has 0 N–H and O–H groups in total. The van der Waals surface area contributed by atoms with E-state index in [9.17, 15) is 0 Å². The summed E-state index contributed by atoms with van der Waals surface area (Å²) in [4.78, 5) is 0. The van der Waals surface area contributed by atoms with E-state index < -0.39 is 0 Å². The first-order valence-corrected chi connectivity index (χ1v) is 15.9. The Kier molecular flexibility index (Phi) is 5.31. The van der Waals surface area contributed by atoms with Crippen molar-refractivity contribution in [1.29, 1.82) is 0 Å². The first kappa shape index (κ1) is 25.2. The summed E-state index contributed by atoms with van der Waals surface area (Å²) in [5.41, 5.74) is 9.67. The van der Waals surface area contributed by atoms with Crippen molar-refractivity contribution in [1.82, 2.24) is 9.13 Å². The van der Waals surface area contributed by atoms with Crippen molar-refractivity contribution in [2.45, 2.75) is 0 Å². The van der Waals surface area contributed by atoms with E-state index >= 15 is 0 Å². The van der Waals surface area contributed by atoms with E-state index in [1.165, 1.54) is 87.7 Å². The van der Waals surface area contributed by atoms with Gasteiger partial charge in [-0.05, 0) is 64.2 Å². The first-order valence-electron chi connectivity index (χ1n) is 15.9. The summed E-state index contributed by atoms with van der Waals surface area (Å²) in [5, 5.41) is 10.1. The Morgan fingerprint density at radius 2 is 0.826 bits per heavy atom. The van der Waals surface area contributed by atoms with Crippen LogP contribution in [0.2, 0.25) is 0 Å². The molecule has 0 unspecified atom stereocenters. The largest absolute Gasteiger partial charge is 0.309 e. The van der Waals surface area contributed by atoms with Gasteiger partial charge in [0.15, 0.2) is 0 Å². The summed E-state index contributed by atoms with van der Waals surface area (Å²) in [7, 11) is 0. The third kappa shape index (κ3) is 3.53. The third-order valence-electron chi connectivity index (χ3n) is 9.68. The van der Waals surface area contributed by atoms with Crippen LogP contribution >= 0.6 is 0 Å². The molecule has 0 fully saturated rings. The van der Waals surface area contributed by atoms with Gasteiger partial charge in [-0.1, -0.05) is 127 Å². The summed E-state index contributed by atoms with van der Waals surface area (Å²) in [6, 6.07) is 62.0. The van der Waals surface area contributed by atoms with Gasteiger partial charge in [-0.2, -0.15) is 0 Å². The molecule has 0 saturated carbocycles. The number of aromatic nitrogens is 2. The molecule has 2 heterocycles. The molecular formula is C44H28N2.